The molecule has 0 amide bonds. The Morgan fingerprint density at radius 2 is 1.82 bits per heavy atom. The minimum Gasteiger partial charge on any atom is -0.454 e. The quantitative estimate of drug-likeness (QED) is 0.779. The molecule has 2 aromatic rings. The van der Waals surface area contributed by atoms with Crippen LogP contribution in [0.3, 0.4) is 0 Å². The Morgan fingerprint density at radius 1 is 1.14 bits per heavy atom. The van der Waals surface area contributed by atoms with Crippen molar-refractivity contribution in [1.82, 2.24) is 5.32 Å². The van der Waals surface area contributed by atoms with Crippen LogP contribution in [0.2, 0.25) is 0 Å². The molecule has 1 aliphatic heterocycles. The molecule has 5 heteroatoms. The average Bonchev–Trinajstić information content (AvgIpc) is 2.68. The van der Waals surface area contributed by atoms with Crippen LogP contribution in [0.25, 0.3) is 11.1 Å². The predicted octanol–water partition coefficient (Wildman–Crippen LogP) is 4.12. The van der Waals surface area contributed by atoms with Crippen LogP contribution in [0, 0.1) is 11.2 Å². The number of nitrogens with two attached hydrogens (primary N) is 1. The molecule has 0 unspecified atom stereocenters. The molecule has 4 nitrogen and oxygen atoms in total. The number of benzene rings is 2. The van der Waals surface area contributed by atoms with E-state index in [4.69, 9.17) is 10.5 Å². The summed E-state index contributed by atoms with van der Waals surface area (Å²) in [5, 5.41) is 3.33. The highest BCUT2D eigenvalue weighted by Crippen LogP contribution is 2.39. The molecule has 28 heavy (non-hydrogen) atoms. The Bertz CT molecular complexity index is 852. The largest absolute Gasteiger partial charge is 0.454 e. The molecule has 1 saturated heterocycles. The Balaban J connectivity index is 2.04. The lowest BCUT2D eigenvalue weighted by atomic mass is 9.82. The highest BCUT2D eigenvalue weighted by Gasteiger charge is 2.40. The van der Waals surface area contributed by atoms with E-state index >= 15 is 0 Å². The van der Waals surface area contributed by atoms with E-state index in [1.807, 2.05) is 45.0 Å². The van der Waals surface area contributed by atoms with E-state index in [9.17, 15) is 9.18 Å². The number of carbonyl (C=O) groups excluding carboxylic acids is 1. The van der Waals surface area contributed by atoms with Gasteiger partial charge in [-0.15, -0.1) is 0 Å². The lowest BCUT2D eigenvalue weighted by Crippen LogP contribution is -2.45. The lowest BCUT2D eigenvalue weighted by Gasteiger charge is -2.39. The zero-order valence-electron chi connectivity index (χ0n) is 16.8. The molecule has 0 atom stereocenters. The van der Waals surface area contributed by atoms with Crippen LogP contribution >= 0.6 is 0 Å². The minimum absolute atomic E-state index is 0.220. The van der Waals surface area contributed by atoms with Crippen LogP contribution in [0.4, 0.5) is 4.39 Å². The second-order valence-corrected chi connectivity index (χ2v) is 8.44. The molecule has 150 valence electrons. The van der Waals surface area contributed by atoms with Crippen LogP contribution < -0.4 is 11.1 Å². The topological polar surface area (TPSA) is 64.3 Å². The molecular weight excluding hydrogens is 355 g/mol. The number of nitrogens with one attached hydrogen (secondary N) is 1. The van der Waals surface area contributed by atoms with Crippen LogP contribution in [0.5, 0.6) is 0 Å². The molecule has 0 bridgehead atoms. The third kappa shape index (κ3) is 4.10. The van der Waals surface area contributed by atoms with Crippen LogP contribution in [-0.2, 0) is 21.7 Å². The second kappa shape index (κ2) is 8.02. The summed E-state index contributed by atoms with van der Waals surface area (Å²) in [5.41, 5.74) is 7.80. The molecule has 0 aromatic heterocycles. The molecule has 2 aromatic carbocycles. The molecule has 1 aliphatic rings. The first kappa shape index (κ1) is 20.5. The second-order valence-electron chi connectivity index (χ2n) is 8.44. The molecule has 1 heterocycles. The number of hydrogen-bond acceptors (Lipinski definition) is 4. The molecule has 0 aliphatic carbocycles. The molecule has 3 rings (SSSR count). The van der Waals surface area contributed by atoms with E-state index in [0.717, 1.165) is 29.8 Å². The number of rotatable bonds is 4. The summed E-state index contributed by atoms with van der Waals surface area (Å²) in [5.74, 6) is -0.498. The Kier molecular flexibility index (Phi) is 5.87. The predicted molar refractivity (Wildman–Crippen MR) is 109 cm³/mol. The van der Waals surface area contributed by atoms with Gasteiger partial charge in [-0.3, -0.25) is 4.79 Å². The smallest absolute Gasteiger partial charge is 0.312 e. The van der Waals surface area contributed by atoms with Gasteiger partial charge in [0.2, 0.25) is 0 Å². The number of esters is 1. The maximum Gasteiger partial charge on any atom is 0.312 e. The van der Waals surface area contributed by atoms with Crippen molar-refractivity contribution >= 4 is 5.97 Å². The fourth-order valence-corrected chi connectivity index (χ4v) is 3.60. The summed E-state index contributed by atoms with van der Waals surface area (Å²) < 4.78 is 20.4. The summed E-state index contributed by atoms with van der Waals surface area (Å²) in [7, 11) is 0. The van der Waals surface area contributed by atoms with Crippen molar-refractivity contribution in [2.24, 2.45) is 11.1 Å². The maximum atomic E-state index is 14.3. The van der Waals surface area contributed by atoms with Gasteiger partial charge in [0.05, 0.1) is 5.41 Å². The Labute approximate surface area is 166 Å². The average molecular weight is 384 g/mol. The van der Waals surface area contributed by atoms with E-state index in [2.05, 4.69) is 5.32 Å². The zero-order valence-corrected chi connectivity index (χ0v) is 16.8. The number of piperidine rings is 1. The first-order valence-corrected chi connectivity index (χ1v) is 9.79. The minimum atomic E-state index is -0.687. The van der Waals surface area contributed by atoms with E-state index < -0.39 is 11.0 Å². The van der Waals surface area contributed by atoms with Crippen LogP contribution in [0.15, 0.2) is 42.5 Å². The standard InChI is InChI=1S/C23H29FN2O2/c1-22(2,3)21(27)28-23(10-12-26-13-11-23)17-8-9-18(16(14-17)15-25)19-6-4-5-7-20(19)24/h4-9,14,26H,10-13,15,25H2,1-3H3. The van der Waals surface area contributed by atoms with Crippen molar-refractivity contribution in [3.8, 4) is 11.1 Å². The van der Waals surface area contributed by atoms with Gasteiger partial charge < -0.3 is 15.8 Å². The van der Waals surface area contributed by atoms with Gasteiger partial charge in [-0.2, -0.15) is 0 Å². The molecule has 0 saturated carbocycles. The van der Waals surface area contributed by atoms with E-state index in [1.165, 1.54) is 6.07 Å². The monoisotopic (exact) mass is 384 g/mol. The summed E-state index contributed by atoms with van der Waals surface area (Å²) >= 11 is 0. The van der Waals surface area contributed by atoms with Crippen molar-refractivity contribution in [2.45, 2.75) is 45.8 Å². The van der Waals surface area contributed by atoms with Crippen molar-refractivity contribution in [3.63, 3.8) is 0 Å². The highest BCUT2D eigenvalue weighted by molar-refractivity contribution is 5.76. The van der Waals surface area contributed by atoms with Gasteiger partial charge in [0.15, 0.2) is 0 Å². The van der Waals surface area contributed by atoms with Crippen LogP contribution in [-0.4, -0.2) is 19.1 Å². The lowest BCUT2D eigenvalue weighted by molar-refractivity contribution is -0.174. The third-order valence-corrected chi connectivity index (χ3v) is 5.33. The van der Waals surface area contributed by atoms with E-state index in [0.29, 0.717) is 18.4 Å². The SMILES string of the molecule is CC(C)(C)C(=O)OC1(c2ccc(-c3ccccc3F)c(CN)c2)CCNCC1. The maximum absolute atomic E-state index is 14.3. The Morgan fingerprint density at radius 3 is 2.43 bits per heavy atom. The fraction of sp³-hybridized carbons (Fsp3) is 0.435. The first-order chi connectivity index (χ1) is 13.3. The van der Waals surface area contributed by atoms with Gasteiger partial charge in [-0.05, 0) is 62.7 Å². The number of halogens is 1. The number of carbonyl (C=O) groups is 1. The van der Waals surface area contributed by atoms with E-state index in [1.54, 1.807) is 12.1 Å². The van der Waals surface area contributed by atoms with Gasteiger partial charge in [0, 0.05) is 24.9 Å². The number of ether oxygens (including phenoxy) is 1. The number of hydrogen-bond donors (Lipinski definition) is 2. The van der Waals surface area contributed by atoms with Gasteiger partial charge in [0.1, 0.15) is 11.4 Å². The van der Waals surface area contributed by atoms with Crippen molar-refractivity contribution in [1.29, 1.82) is 0 Å². The van der Waals surface area contributed by atoms with Gasteiger partial charge in [-0.25, -0.2) is 4.39 Å². The third-order valence-electron chi connectivity index (χ3n) is 5.33. The molecule has 0 radical (unpaired) electrons. The van der Waals surface area contributed by atoms with Crippen LogP contribution in [0.1, 0.15) is 44.7 Å². The van der Waals surface area contributed by atoms with Crippen molar-refractivity contribution in [2.75, 3.05) is 13.1 Å². The summed E-state index contributed by atoms with van der Waals surface area (Å²) in [4.78, 5) is 12.7. The summed E-state index contributed by atoms with van der Waals surface area (Å²) in [6, 6.07) is 12.5. The highest BCUT2D eigenvalue weighted by atomic mass is 19.1. The normalized spacial score (nSPS) is 16.6. The van der Waals surface area contributed by atoms with Gasteiger partial charge >= 0.3 is 5.97 Å². The Hall–Kier alpha value is -2.24. The van der Waals surface area contributed by atoms with Crippen molar-refractivity contribution in [3.05, 3.63) is 59.4 Å². The van der Waals surface area contributed by atoms with Gasteiger partial charge in [0.25, 0.3) is 0 Å². The van der Waals surface area contributed by atoms with Gasteiger partial charge in [-0.1, -0.05) is 30.3 Å². The molecular formula is C23H29FN2O2. The molecule has 1 fully saturated rings. The van der Waals surface area contributed by atoms with Crippen molar-refractivity contribution < 1.29 is 13.9 Å². The summed E-state index contributed by atoms with van der Waals surface area (Å²) in [6.07, 6.45) is 1.38. The summed E-state index contributed by atoms with van der Waals surface area (Å²) in [6.45, 7) is 7.39. The fourth-order valence-electron chi connectivity index (χ4n) is 3.60. The zero-order chi connectivity index (χ0) is 20.4. The van der Waals surface area contributed by atoms with E-state index in [-0.39, 0.29) is 18.3 Å². The molecule has 0 spiro atoms. The first-order valence-electron chi connectivity index (χ1n) is 9.79. The molecule has 3 N–H and O–H groups in total.